The van der Waals surface area contributed by atoms with E-state index in [0.29, 0.717) is 0 Å². The molecule has 76 valence electrons. The molecule has 0 aromatic carbocycles. The lowest BCUT2D eigenvalue weighted by Crippen LogP contribution is -2.32. The van der Waals surface area contributed by atoms with E-state index < -0.39 is 17.5 Å². The molecule has 0 fully saturated rings. The van der Waals surface area contributed by atoms with Crippen molar-refractivity contribution in [3.63, 3.8) is 0 Å². The van der Waals surface area contributed by atoms with Crippen molar-refractivity contribution in [1.82, 2.24) is 0 Å². The molecule has 0 aliphatic carbocycles. The van der Waals surface area contributed by atoms with Crippen LogP contribution < -0.4 is 0 Å². The van der Waals surface area contributed by atoms with Crippen molar-refractivity contribution < 1.29 is 14.3 Å². The molecule has 0 amide bonds. The molecule has 1 atom stereocenters. The standard InChI is InChI=1S/C10H18O3/c1-6-10(4,5)13-9(12)7(2)8(3)11/h7H,6H2,1-5H3. The van der Waals surface area contributed by atoms with Crippen LogP contribution in [0.25, 0.3) is 0 Å². The van der Waals surface area contributed by atoms with Gasteiger partial charge >= 0.3 is 5.97 Å². The SMILES string of the molecule is CCC(C)(C)OC(=O)C(C)C(C)=O. The first-order valence-corrected chi connectivity index (χ1v) is 4.53. The number of esters is 1. The monoisotopic (exact) mass is 186 g/mol. The fourth-order valence-electron chi connectivity index (χ4n) is 0.599. The van der Waals surface area contributed by atoms with E-state index in [2.05, 4.69) is 0 Å². The Morgan fingerprint density at radius 2 is 1.85 bits per heavy atom. The summed E-state index contributed by atoms with van der Waals surface area (Å²) in [7, 11) is 0. The van der Waals surface area contributed by atoms with Crippen LogP contribution in [0.4, 0.5) is 0 Å². The summed E-state index contributed by atoms with van der Waals surface area (Å²) in [5.74, 6) is -1.23. The largest absolute Gasteiger partial charge is 0.459 e. The average Bonchev–Trinajstić information content (AvgIpc) is 2.02. The Morgan fingerprint density at radius 3 is 2.15 bits per heavy atom. The van der Waals surface area contributed by atoms with E-state index >= 15 is 0 Å². The van der Waals surface area contributed by atoms with Crippen molar-refractivity contribution in [2.45, 2.75) is 46.6 Å². The van der Waals surface area contributed by atoms with Crippen LogP contribution in [-0.2, 0) is 14.3 Å². The highest BCUT2D eigenvalue weighted by atomic mass is 16.6. The number of carbonyl (C=O) groups excluding carboxylic acids is 2. The Balaban J connectivity index is 4.23. The summed E-state index contributed by atoms with van der Waals surface area (Å²) in [5, 5.41) is 0. The smallest absolute Gasteiger partial charge is 0.316 e. The van der Waals surface area contributed by atoms with Crippen molar-refractivity contribution in [2.24, 2.45) is 5.92 Å². The van der Waals surface area contributed by atoms with E-state index in [4.69, 9.17) is 4.74 Å². The second-order valence-corrected chi connectivity index (χ2v) is 3.87. The van der Waals surface area contributed by atoms with Gasteiger partial charge in [0.05, 0.1) is 0 Å². The van der Waals surface area contributed by atoms with Crippen LogP contribution in [0, 0.1) is 5.92 Å². The van der Waals surface area contributed by atoms with Crippen LogP contribution in [0.1, 0.15) is 41.0 Å². The van der Waals surface area contributed by atoms with E-state index in [1.165, 1.54) is 6.92 Å². The molecule has 0 N–H and O–H groups in total. The maximum atomic E-state index is 11.3. The average molecular weight is 186 g/mol. The second kappa shape index (κ2) is 4.40. The minimum atomic E-state index is -0.647. The molecule has 0 heterocycles. The molecule has 0 aromatic heterocycles. The minimum Gasteiger partial charge on any atom is -0.459 e. The fourth-order valence-corrected chi connectivity index (χ4v) is 0.599. The van der Waals surface area contributed by atoms with Crippen molar-refractivity contribution in [3.8, 4) is 0 Å². The van der Waals surface area contributed by atoms with E-state index in [1.807, 2.05) is 20.8 Å². The minimum absolute atomic E-state index is 0.156. The first kappa shape index (κ1) is 12.1. The zero-order valence-electron chi connectivity index (χ0n) is 9.01. The number of Topliss-reactive ketones (excluding diaryl/α,β-unsaturated/α-hetero) is 1. The maximum absolute atomic E-state index is 11.3. The molecule has 1 unspecified atom stereocenters. The molecule has 0 bridgehead atoms. The molecule has 0 radical (unpaired) electrons. The zero-order chi connectivity index (χ0) is 10.6. The Morgan fingerprint density at radius 1 is 1.38 bits per heavy atom. The summed E-state index contributed by atoms with van der Waals surface area (Å²) < 4.78 is 5.15. The van der Waals surface area contributed by atoms with Gasteiger partial charge in [-0.2, -0.15) is 0 Å². The third-order valence-electron chi connectivity index (χ3n) is 2.19. The molecule has 0 aliphatic heterocycles. The second-order valence-electron chi connectivity index (χ2n) is 3.87. The topological polar surface area (TPSA) is 43.4 Å². The number of hydrogen-bond acceptors (Lipinski definition) is 3. The lowest BCUT2D eigenvalue weighted by molar-refractivity contribution is -0.162. The van der Waals surface area contributed by atoms with Crippen LogP contribution in [0.5, 0.6) is 0 Å². The number of rotatable bonds is 4. The van der Waals surface area contributed by atoms with Gasteiger partial charge < -0.3 is 4.74 Å². The Labute approximate surface area is 79.5 Å². The summed E-state index contributed by atoms with van der Waals surface area (Å²) >= 11 is 0. The molecule has 3 heteroatoms. The van der Waals surface area contributed by atoms with E-state index in [1.54, 1.807) is 6.92 Å². The molecule has 0 saturated heterocycles. The van der Waals surface area contributed by atoms with Crippen molar-refractivity contribution >= 4 is 11.8 Å². The third kappa shape index (κ3) is 4.06. The number of hydrogen-bond donors (Lipinski definition) is 0. The summed E-state index contributed by atoms with van der Waals surface area (Å²) in [6.45, 7) is 8.56. The summed E-state index contributed by atoms with van der Waals surface area (Å²) in [4.78, 5) is 22.2. The third-order valence-corrected chi connectivity index (χ3v) is 2.19. The van der Waals surface area contributed by atoms with Crippen LogP contribution in [-0.4, -0.2) is 17.4 Å². The lowest BCUT2D eigenvalue weighted by atomic mass is 10.0. The number of ether oxygens (including phenoxy) is 1. The Hall–Kier alpha value is -0.860. The van der Waals surface area contributed by atoms with Gasteiger partial charge in [0.1, 0.15) is 17.3 Å². The summed E-state index contributed by atoms with van der Waals surface area (Å²) in [6, 6.07) is 0. The van der Waals surface area contributed by atoms with Crippen molar-refractivity contribution in [2.75, 3.05) is 0 Å². The van der Waals surface area contributed by atoms with Gasteiger partial charge in [0.25, 0.3) is 0 Å². The van der Waals surface area contributed by atoms with E-state index in [-0.39, 0.29) is 5.78 Å². The molecule has 3 nitrogen and oxygen atoms in total. The molecule has 0 aromatic rings. The molecule has 0 rings (SSSR count). The first-order chi connectivity index (χ1) is 5.80. The lowest BCUT2D eigenvalue weighted by Gasteiger charge is -2.24. The van der Waals surface area contributed by atoms with Crippen LogP contribution in [0.3, 0.4) is 0 Å². The van der Waals surface area contributed by atoms with Crippen molar-refractivity contribution in [3.05, 3.63) is 0 Å². The fraction of sp³-hybridized carbons (Fsp3) is 0.800. The molecule has 13 heavy (non-hydrogen) atoms. The highest BCUT2D eigenvalue weighted by molar-refractivity contribution is 5.97. The van der Waals surface area contributed by atoms with Crippen LogP contribution in [0.15, 0.2) is 0 Å². The van der Waals surface area contributed by atoms with Crippen LogP contribution in [0.2, 0.25) is 0 Å². The highest BCUT2D eigenvalue weighted by Gasteiger charge is 2.26. The van der Waals surface area contributed by atoms with Crippen molar-refractivity contribution in [1.29, 1.82) is 0 Å². The molecule has 0 aliphatic rings. The molecular formula is C10H18O3. The number of carbonyl (C=O) groups is 2. The quantitative estimate of drug-likeness (QED) is 0.498. The number of ketones is 1. The highest BCUT2D eigenvalue weighted by Crippen LogP contribution is 2.16. The zero-order valence-corrected chi connectivity index (χ0v) is 9.01. The van der Waals surface area contributed by atoms with Gasteiger partial charge in [-0.25, -0.2) is 0 Å². The predicted octanol–water partition coefficient (Wildman–Crippen LogP) is 1.94. The molecule has 0 spiro atoms. The Kier molecular flexibility index (Phi) is 4.11. The first-order valence-electron chi connectivity index (χ1n) is 4.53. The van der Waals surface area contributed by atoms with E-state index in [9.17, 15) is 9.59 Å². The van der Waals surface area contributed by atoms with Gasteiger partial charge in [0.2, 0.25) is 0 Å². The molecular weight excluding hydrogens is 168 g/mol. The normalized spacial score (nSPS) is 13.6. The summed E-state index contributed by atoms with van der Waals surface area (Å²) in [6.07, 6.45) is 0.739. The van der Waals surface area contributed by atoms with Gasteiger partial charge in [0, 0.05) is 0 Å². The van der Waals surface area contributed by atoms with Gasteiger partial charge in [-0.1, -0.05) is 6.92 Å². The summed E-state index contributed by atoms with van der Waals surface area (Å²) in [5.41, 5.74) is -0.471. The van der Waals surface area contributed by atoms with E-state index in [0.717, 1.165) is 6.42 Å². The Bertz CT molecular complexity index is 206. The van der Waals surface area contributed by atoms with Gasteiger partial charge in [0.15, 0.2) is 0 Å². The predicted molar refractivity (Wildman–Crippen MR) is 50.3 cm³/mol. The molecule has 0 saturated carbocycles. The van der Waals surface area contributed by atoms with Gasteiger partial charge in [-0.05, 0) is 34.1 Å². The maximum Gasteiger partial charge on any atom is 0.316 e. The van der Waals surface area contributed by atoms with Gasteiger partial charge in [-0.15, -0.1) is 0 Å². The van der Waals surface area contributed by atoms with Gasteiger partial charge in [-0.3, -0.25) is 9.59 Å². The van der Waals surface area contributed by atoms with Crippen LogP contribution >= 0.6 is 0 Å².